The number of pyridine rings is 1. The summed E-state index contributed by atoms with van der Waals surface area (Å²) in [5.41, 5.74) is 3.33. The number of aromatic nitrogens is 2. The molecule has 3 aromatic heterocycles. The van der Waals surface area contributed by atoms with Gasteiger partial charge in [-0.05, 0) is 42.8 Å². The van der Waals surface area contributed by atoms with Crippen LogP contribution in [-0.2, 0) is 0 Å². The zero-order valence-corrected chi connectivity index (χ0v) is 14.1. The lowest BCUT2D eigenvalue weighted by molar-refractivity contribution is 0.0996. The van der Waals surface area contributed by atoms with Gasteiger partial charge in [-0.3, -0.25) is 9.20 Å². The number of imidazole rings is 1. The van der Waals surface area contributed by atoms with Crippen molar-refractivity contribution >= 4 is 29.0 Å². The van der Waals surface area contributed by atoms with Crippen LogP contribution in [0.4, 0.5) is 5.82 Å². The summed E-state index contributed by atoms with van der Waals surface area (Å²) in [6.07, 6.45) is 3.40. The average Bonchev–Trinajstić information content (AvgIpc) is 3.24. The van der Waals surface area contributed by atoms with E-state index in [1.54, 1.807) is 24.3 Å². The van der Waals surface area contributed by atoms with Crippen LogP contribution in [0.3, 0.4) is 0 Å². The highest BCUT2D eigenvalue weighted by molar-refractivity contribution is 6.30. The summed E-state index contributed by atoms with van der Waals surface area (Å²) in [7, 11) is 0. The van der Waals surface area contributed by atoms with Crippen LogP contribution in [0.25, 0.3) is 16.9 Å². The molecule has 1 aromatic carbocycles. The van der Waals surface area contributed by atoms with Gasteiger partial charge in [-0.1, -0.05) is 29.8 Å². The van der Waals surface area contributed by atoms with Crippen LogP contribution in [-0.4, -0.2) is 15.3 Å². The van der Waals surface area contributed by atoms with Crippen molar-refractivity contribution in [2.75, 3.05) is 5.32 Å². The Bertz CT molecular complexity index is 1050. The molecule has 0 aliphatic rings. The normalized spacial score (nSPS) is 11.0. The van der Waals surface area contributed by atoms with Crippen molar-refractivity contribution in [2.45, 2.75) is 6.92 Å². The van der Waals surface area contributed by atoms with Crippen molar-refractivity contribution in [2.24, 2.45) is 0 Å². The Morgan fingerprint density at radius 2 is 1.96 bits per heavy atom. The molecule has 1 amide bonds. The van der Waals surface area contributed by atoms with Crippen LogP contribution >= 0.6 is 11.6 Å². The van der Waals surface area contributed by atoms with E-state index in [-0.39, 0.29) is 11.7 Å². The van der Waals surface area contributed by atoms with Crippen LogP contribution in [0, 0.1) is 6.92 Å². The SMILES string of the molecule is Cc1ccc2nc(-c3ccc(Cl)cc3)c(NC(=O)c3ccco3)n2c1. The molecule has 0 aliphatic carbocycles. The van der Waals surface area contributed by atoms with E-state index >= 15 is 0 Å². The number of benzene rings is 1. The second kappa shape index (κ2) is 6.11. The second-order valence-electron chi connectivity index (χ2n) is 5.68. The number of amides is 1. The molecule has 6 heteroatoms. The standard InChI is InChI=1S/C19H14ClN3O2/c1-12-4-9-16-21-17(13-5-7-14(20)8-6-13)18(23(16)11-12)22-19(24)15-3-2-10-25-15/h2-11H,1H3,(H,22,24). The lowest BCUT2D eigenvalue weighted by Crippen LogP contribution is -2.13. The molecule has 0 saturated carbocycles. The molecule has 0 spiro atoms. The summed E-state index contributed by atoms with van der Waals surface area (Å²) in [6, 6.07) is 14.5. The van der Waals surface area contributed by atoms with Gasteiger partial charge in [-0.2, -0.15) is 0 Å². The monoisotopic (exact) mass is 351 g/mol. The van der Waals surface area contributed by atoms with Crippen LogP contribution in [0.5, 0.6) is 0 Å². The number of anilines is 1. The van der Waals surface area contributed by atoms with Crippen LogP contribution in [0.1, 0.15) is 16.1 Å². The number of carbonyl (C=O) groups is 1. The topological polar surface area (TPSA) is 59.5 Å². The summed E-state index contributed by atoms with van der Waals surface area (Å²) in [6.45, 7) is 1.99. The van der Waals surface area contributed by atoms with E-state index in [9.17, 15) is 4.79 Å². The van der Waals surface area contributed by atoms with Gasteiger partial charge in [0.15, 0.2) is 5.76 Å². The number of aryl methyl sites for hydroxylation is 1. The lowest BCUT2D eigenvalue weighted by Gasteiger charge is -2.07. The van der Waals surface area contributed by atoms with Crippen molar-refractivity contribution in [3.8, 4) is 11.3 Å². The summed E-state index contributed by atoms with van der Waals surface area (Å²) >= 11 is 5.98. The molecule has 0 fully saturated rings. The van der Waals surface area contributed by atoms with Crippen LogP contribution < -0.4 is 5.32 Å². The molecule has 0 saturated heterocycles. The zero-order chi connectivity index (χ0) is 17.4. The Labute approximate surface area is 148 Å². The molecule has 0 atom stereocenters. The molecule has 0 aliphatic heterocycles. The Kier molecular flexibility index (Phi) is 3.78. The van der Waals surface area contributed by atoms with Gasteiger partial charge in [-0.15, -0.1) is 0 Å². The molecular weight excluding hydrogens is 338 g/mol. The highest BCUT2D eigenvalue weighted by atomic mass is 35.5. The molecule has 5 nitrogen and oxygen atoms in total. The molecule has 0 radical (unpaired) electrons. The fourth-order valence-corrected chi connectivity index (χ4v) is 2.78. The average molecular weight is 352 g/mol. The minimum atomic E-state index is -0.330. The maximum atomic E-state index is 12.5. The summed E-state index contributed by atoms with van der Waals surface area (Å²) in [5.74, 6) is 0.496. The highest BCUT2D eigenvalue weighted by Crippen LogP contribution is 2.30. The van der Waals surface area contributed by atoms with E-state index in [4.69, 9.17) is 16.0 Å². The predicted octanol–water partition coefficient (Wildman–Crippen LogP) is 4.81. The lowest BCUT2D eigenvalue weighted by atomic mass is 10.1. The maximum absolute atomic E-state index is 12.5. The van der Waals surface area contributed by atoms with Gasteiger partial charge in [0.2, 0.25) is 0 Å². The van der Waals surface area contributed by atoms with Gasteiger partial charge in [0, 0.05) is 16.8 Å². The van der Waals surface area contributed by atoms with E-state index in [1.165, 1.54) is 6.26 Å². The summed E-state index contributed by atoms with van der Waals surface area (Å²) < 4.78 is 7.04. The van der Waals surface area contributed by atoms with E-state index in [0.29, 0.717) is 16.5 Å². The fraction of sp³-hybridized carbons (Fsp3) is 0.0526. The third-order valence-electron chi connectivity index (χ3n) is 3.86. The van der Waals surface area contributed by atoms with E-state index in [0.717, 1.165) is 16.8 Å². The molecule has 4 rings (SSSR count). The van der Waals surface area contributed by atoms with E-state index < -0.39 is 0 Å². The first kappa shape index (κ1) is 15.5. The Morgan fingerprint density at radius 1 is 1.16 bits per heavy atom. The zero-order valence-electron chi connectivity index (χ0n) is 13.4. The third kappa shape index (κ3) is 2.90. The number of carbonyl (C=O) groups excluding carboxylic acids is 1. The summed E-state index contributed by atoms with van der Waals surface area (Å²) in [4.78, 5) is 17.1. The molecule has 3 heterocycles. The van der Waals surface area contributed by atoms with E-state index in [1.807, 2.05) is 41.8 Å². The first-order valence-corrected chi connectivity index (χ1v) is 8.09. The number of nitrogens with zero attached hydrogens (tertiary/aromatic N) is 2. The third-order valence-corrected chi connectivity index (χ3v) is 4.11. The van der Waals surface area contributed by atoms with Gasteiger partial charge in [-0.25, -0.2) is 4.98 Å². The molecule has 0 unspecified atom stereocenters. The maximum Gasteiger partial charge on any atom is 0.292 e. The highest BCUT2D eigenvalue weighted by Gasteiger charge is 2.18. The molecule has 25 heavy (non-hydrogen) atoms. The van der Waals surface area contributed by atoms with Gasteiger partial charge >= 0.3 is 0 Å². The Morgan fingerprint density at radius 3 is 2.68 bits per heavy atom. The van der Waals surface area contributed by atoms with Crippen molar-refractivity contribution in [1.29, 1.82) is 0 Å². The first-order chi connectivity index (χ1) is 12.1. The molecule has 1 N–H and O–H groups in total. The van der Waals surface area contributed by atoms with Crippen LogP contribution in [0.15, 0.2) is 65.4 Å². The molecule has 124 valence electrons. The number of nitrogens with one attached hydrogen (secondary N) is 1. The number of rotatable bonds is 3. The largest absolute Gasteiger partial charge is 0.459 e. The molecule has 4 aromatic rings. The Hall–Kier alpha value is -3.05. The minimum absolute atomic E-state index is 0.240. The molecule has 0 bridgehead atoms. The Balaban J connectivity index is 1.86. The van der Waals surface area contributed by atoms with E-state index in [2.05, 4.69) is 10.3 Å². The van der Waals surface area contributed by atoms with Gasteiger partial charge < -0.3 is 9.73 Å². The van der Waals surface area contributed by atoms with Crippen LogP contribution in [0.2, 0.25) is 5.02 Å². The van der Waals surface area contributed by atoms with Crippen molar-refractivity contribution in [1.82, 2.24) is 9.38 Å². The minimum Gasteiger partial charge on any atom is -0.459 e. The van der Waals surface area contributed by atoms with Gasteiger partial charge in [0.05, 0.1) is 6.26 Å². The number of hydrogen-bond donors (Lipinski definition) is 1. The number of hydrogen-bond acceptors (Lipinski definition) is 3. The predicted molar refractivity (Wildman–Crippen MR) is 97.0 cm³/mol. The number of furan rings is 1. The van der Waals surface area contributed by atoms with Gasteiger partial charge in [0.25, 0.3) is 5.91 Å². The van der Waals surface area contributed by atoms with Crippen molar-refractivity contribution in [3.05, 3.63) is 77.3 Å². The quantitative estimate of drug-likeness (QED) is 0.576. The smallest absolute Gasteiger partial charge is 0.292 e. The number of fused-ring (bicyclic) bond motifs is 1. The van der Waals surface area contributed by atoms with Crippen molar-refractivity contribution in [3.63, 3.8) is 0 Å². The number of halogens is 1. The van der Waals surface area contributed by atoms with Gasteiger partial charge in [0.1, 0.15) is 17.2 Å². The second-order valence-corrected chi connectivity index (χ2v) is 6.12. The summed E-state index contributed by atoms with van der Waals surface area (Å²) in [5, 5.41) is 3.55. The fourth-order valence-electron chi connectivity index (χ4n) is 2.66. The van der Waals surface area contributed by atoms with Crippen molar-refractivity contribution < 1.29 is 9.21 Å². The first-order valence-electron chi connectivity index (χ1n) is 7.71. The molecular formula is C19H14ClN3O2.